The van der Waals surface area contributed by atoms with Gasteiger partial charge in [0.05, 0.1) is 12.7 Å². The third kappa shape index (κ3) is 4.57. The number of ether oxygens (including phenoxy) is 1. The van der Waals surface area contributed by atoms with Crippen LogP contribution in [0.3, 0.4) is 0 Å². The molecule has 3 nitrogen and oxygen atoms in total. The summed E-state index contributed by atoms with van der Waals surface area (Å²) in [7, 11) is 0. The van der Waals surface area contributed by atoms with Crippen LogP contribution in [0.5, 0.6) is 0 Å². The van der Waals surface area contributed by atoms with E-state index < -0.39 is 0 Å². The van der Waals surface area contributed by atoms with Crippen molar-refractivity contribution in [1.82, 2.24) is 4.90 Å². The first-order valence-electron chi connectivity index (χ1n) is 7.33. The minimum Gasteiger partial charge on any atom is -0.396 e. The molecule has 0 aromatic heterocycles. The van der Waals surface area contributed by atoms with Crippen LogP contribution < -0.4 is 0 Å². The number of rotatable bonds is 5. The zero-order chi connectivity index (χ0) is 11.9. The minimum absolute atomic E-state index is 0.347. The molecule has 0 aromatic carbocycles. The molecule has 1 unspecified atom stereocenters. The number of aliphatic hydroxyl groups is 1. The summed E-state index contributed by atoms with van der Waals surface area (Å²) < 4.78 is 5.99. The van der Waals surface area contributed by atoms with E-state index in [2.05, 4.69) is 4.90 Å². The molecule has 0 amide bonds. The quantitative estimate of drug-likeness (QED) is 0.748. The van der Waals surface area contributed by atoms with E-state index in [0.29, 0.717) is 18.6 Å². The lowest BCUT2D eigenvalue weighted by Crippen LogP contribution is -2.27. The molecule has 1 N–H and O–H groups in total. The van der Waals surface area contributed by atoms with Crippen LogP contribution in [0.2, 0.25) is 0 Å². The number of hydrogen-bond acceptors (Lipinski definition) is 3. The SMILES string of the molecule is OCC1CCN(CCOC2CCCCCC2)C1. The molecule has 1 saturated carbocycles. The van der Waals surface area contributed by atoms with E-state index in [9.17, 15) is 0 Å². The lowest BCUT2D eigenvalue weighted by Gasteiger charge is -2.19. The van der Waals surface area contributed by atoms with Gasteiger partial charge in [-0.2, -0.15) is 0 Å². The van der Waals surface area contributed by atoms with Crippen LogP contribution in [-0.2, 0) is 4.74 Å². The minimum atomic E-state index is 0.347. The van der Waals surface area contributed by atoms with Crippen LogP contribution in [0.15, 0.2) is 0 Å². The molecule has 1 aliphatic carbocycles. The summed E-state index contributed by atoms with van der Waals surface area (Å²) in [5, 5.41) is 9.09. The Morgan fingerprint density at radius 1 is 1.06 bits per heavy atom. The molecule has 1 aliphatic heterocycles. The molecule has 3 heteroatoms. The second-order valence-corrected chi connectivity index (χ2v) is 5.62. The molecule has 0 spiro atoms. The number of aliphatic hydroxyl groups excluding tert-OH is 1. The highest BCUT2D eigenvalue weighted by molar-refractivity contribution is 4.74. The predicted octanol–water partition coefficient (Wildman–Crippen LogP) is 2.04. The summed E-state index contributed by atoms with van der Waals surface area (Å²) in [5.41, 5.74) is 0. The molecule has 1 saturated heterocycles. The molecule has 0 aromatic rings. The van der Waals surface area contributed by atoms with E-state index in [1.807, 2.05) is 0 Å². The van der Waals surface area contributed by atoms with Gasteiger partial charge in [0.15, 0.2) is 0 Å². The highest BCUT2D eigenvalue weighted by Gasteiger charge is 2.21. The summed E-state index contributed by atoms with van der Waals surface area (Å²) in [6, 6.07) is 0. The third-order valence-electron chi connectivity index (χ3n) is 4.19. The first-order valence-corrected chi connectivity index (χ1v) is 7.33. The van der Waals surface area contributed by atoms with Crippen molar-refractivity contribution in [3.05, 3.63) is 0 Å². The Balaban J connectivity index is 1.56. The monoisotopic (exact) mass is 241 g/mol. The molecule has 2 aliphatic rings. The van der Waals surface area contributed by atoms with Crippen molar-refractivity contribution >= 4 is 0 Å². The second kappa shape index (κ2) is 7.34. The van der Waals surface area contributed by atoms with Crippen LogP contribution in [0.4, 0.5) is 0 Å². The predicted molar refractivity (Wildman–Crippen MR) is 69.1 cm³/mol. The fourth-order valence-corrected chi connectivity index (χ4v) is 3.02. The highest BCUT2D eigenvalue weighted by Crippen LogP contribution is 2.20. The second-order valence-electron chi connectivity index (χ2n) is 5.62. The Hall–Kier alpha value is -0.120. The highest BCUT2D eigenvalue weighted by atomic mass is 16.5. The van der Waals surface area contributed by atoms with Crippen LogP contribution in [0.25, 0.3) is 0 Å². The van der Waals surface area contributed by atoms with Gasteiger partial charge in [0.2, 0.25) is 0 Å². The van der Waals surface area contributed by atoms with Gasteiger partial charge in [-0.3, -0.25) is 0 Å². The van der Waals surface area contributed by atoms with Crippen molar-refractivity contribution < 1.29 is 9.84 Å². The van der Waals surface area contributed by atoms with E-state index >= 15 is 0 Å². The van der Waals surface area contributed by atoms with Crippen molar-refractivity contribution in [3.8, 4) is 0 Å². The van der Waals surface area contributed by atoms with Crippen molar-refractivity contribution in [1.29, 1.82) is 0 Å². The molecular formula is C14H27NO2. The lowest BCUT2D eigenvalue weighted by molar-refractivity contribution is 0.0312. The maximum atomic E-state index is 9.09. The van der Waals surface area contributed by atoms with Crippen LogP contribution in [-0.4, -0.2) is 49.0 Å². The maximum Gasteiger partial charge on any atom is 0.0597 e. The fraction of sp³-hybridized carbons (Fsp3) is 1.00. The largest absolute Gasteiger partial charge is 0.396 e. The summed E-state index contributed by atoms with van der Waals surface area (Å²) in [6.07, 6.45) is 9.68. The van der Waals surface area contributed by atoms with E-state index in [0.717, 1.165) is 32.7 Å². The smallest absolute Gasteiger partial charge is 0.0597 e. The van der Waals surface area contributed by atoms with Gasteiger partial charge in [0, 0.05) is 19.7 Å². The van der Waals surface area contributed by atoms with E-state index in [4.69, 9.17) is 9.84 Å². The molecule has 1 heterocycles. The van der Waals surface area contributed by atoms with Crippen molar-refractivity contribution in [2.75, 3.05) is 32.8 Å². The summed E-state index contributed by atoms with van der Waals surface area (Å²) >= 11 is 0. The first-order chi connectivity index (χ1) is 8.38. The number of likely N-dealkylation sites (tertiary alicyclic amines) is 1. The van der Waals surface area contributed by atoms with Gasteiger partial charge in [-0.05, 0) is 31.7 Å². The van der Waals surface area contributed by atoms with E-state index in [1.54, 1.807) is 0 Å². The van der Waals surface area contributed by atoms with E-state index in [-0.39, 0.29) is 0 Å². The normalized spacial score (nSPS) is 28.4. The zero-order valence-electron chi connectivity index (χ0n) is 10.9. The van der Waals surface area contributed by atoms with Crippen molar-refractivity contribution in [2.45, 2.75) is 51.0 Å². The van der Waals surface area contributed by atoms with Gasteiger partial charge in [0.25, 0.3) is 0 Å². The first kappa shape index (κ1) is 13.3. The standard InChI is InChI=1S/C14H27NO2/c16-12-13-7-8-15(11-13)9-10-17-14-5-3-1-2-4-6-14/h13-14,16H,1-12H2. The van der Waals surface area contributed by atoms with Gasteiger partial charge < -0.3 is 14.7 Å². The van der Waals surface area contributed by atoms with E-state index in [1.165, 1.54) is 38.5 Å². The Morgan fingerprint density at radius 2 is 1.82 bits per heavy atom. The van der Waals surface area contributed by atoms with Crippen molar-refractivity contribution in [2.24, 2.45) is 5.92 Å². The van der Waals surface area contributed by atoms with Crippen molar-refractivity contribution in [3.63, 3.8) is 0 Å². The zero-order valence-corrected chi connectivity index (χ0v) is 10.9. The molecule has 1 atom stereocenters. The Morgan fingerprint density at radius 3 is 2.47 bits per heavy atom. The molecular weight excluding hydrogens is 214 g/mol. The maximum absolute atomic E-state index is 9.09. The summed E-state index contributed by atoms with van der Waals surface area (Å²) in [6.45, 7) is 4.47. The molecule has 2 fully saturated rings. The Bertz CT molecular complexity index is 202. The number of nitrogens with zero attached hydrogens (tertiary/aromatic N) is 1. The summed E-state index contributed by atoms with van der Waals surface area (Å²) in [4.78, 5) is 2.43. The molecule has 17 heavy (non-hydrogen) atoms. The molecule has 2 rings (SSSR count). The third-order valence-corrected chi connectivity index (χ3v) is 4.19. The molecule has 0 bridgehead atoms. The number of hydrogen-bond donors (Lipinski definition) is 1. The topological polar surface area (TPSA) is 32.7 Å². The Labute approximate surface area is 105 Å². The fourth-order valence-electron chi connectivity index (χ4n) is 3.02. The van der Waals surface area contributed by atoms with Gasteiger partial charge in [0.1, 0.15) is 0 Å². The average Bonchev–Trinajstić information content (AvgIpc) is 2.65. The van der Waals surface area contributed by atoms with Gasteiger partial charge in [-0.1, -0.05) is 25.7 Å². The van der Waals surface area contributed by atoms with Crippen LogP contribution in [0, 0.1) is 5.92 Å². The Kier molecular flexibility index (Phi) is 5.75. The van der Waals surface area contributed by atoms with Gasteiger partial charge in [-0.25, -0.2) is 0 Å². The average molecular weight is 241 g/mol. The summed E-state index contributed by atoms with van der Waals surface area (Å²) in [5.74, 6) is 0.507. The molecule has 100 valence electrons. The lowest BCUT2D eigenvalue weighted by atomic mass is 10.1. The van der Waals surface area contributed by atoms with Gasteiger partial charge >= 0.3 is 0 Å². The molecule has 0 radical (unpaired) electrons. The van der Waals surface area contributed by atoms with Gasteiger partial charge in [-0.15, -0.1) is 0 Å². The van der Waals surface area contributed by atoms with Crippen LogP contribution >= 0.6 is 0 Å². The van der Waals surface area contributed by atoms with Crippen LogP contribution in [0.1, 0.15) is 44.9 Å².